The number of amides is 2. The van der Waals surface area contributed by atoms with Crippen molar-refractivity contribution in [2.45, 2.75) is 18.6 Å². The number of hydrogen-bond acceptors (Lipinski definition) is 6. The third-order valence-corrected chi connectivity index (χ3v) is 5.05. The molecule has 0 fully saturated rings. The molecule has 1 aromatic carbocycles. The lowest BCUT2D eigenvalue weighted by Gasteiger charge is -2.21. The van der Waals surface area contributed by atoms with Gasteiger partial charge in [0.25, 0.3) is 0 Å². The zero-order valence-corrected chi connectivity index (χ0v) is 16.6. The molecule has 0 saturated carbocycles. The summed E-state index contributed by atoms with van der Waals surface area (Å²) in [5.74, 6) is 0.0509. The van der Waals surface area contributed by atoms with Crippen LogP contribution in [-0.2, 0) is 16.1 Å². The standard InChI is InChI=1S/C19H20FN5O3S/c1-3-9-25-16(12-5-7-13(20)8-6-12)23-24-19(25)29-11-15-14(17(26)28-4-2)10-21-18(27)22-15/h3,5-8H,1,4,9-11H2,2H3,(H2,21,22,27). The van der Waals surface area contributed by atoms with Crippen LogP contribution in [0.2, 0.25) is 0 Å². The second-order valence-corrected chi connectivity index (χ2v) is 6.93. The second kappa shape index (κ2) is 9.37. The van der Waals surface area contributed by atoms with Crippen LogP contribution >= 0.6 is 11.8 Å². The molecular weight excluding hydrogens is 397 g/mol. The number of nitrogens with one attached hydrogen (secondary N) is 2. The number of thioether (sulfide) groups is 1. The van der Waals surface area contributed by atoms with Gasteiger partial charge in [0, 0.05) is 23.6 Å². The fourth-order valence-electron chi connectivity index (χ4n) is 2.71. The van der Waals surface area contributed by atoms with Crippen molar-refractivity contribution < 1.29 is 18.7 Å². The van der Waals surface area contributed by atoms with Gasteiger partial charge in [0.2, 0.25) is 0 Å². The Morgan fingerprint density at radius 1 is 1.38 bits per heavy atom. The molecular formula is C19H20FN5O3S. The fourth-order valence-corrected chi connectivity index (χ4v) is 3.64. The highest BCUT2D eigenvalue weighted by atomic mass is 32.2. The summed E-state index contributed by atoms with van der Waals surface area (Å²) in [6.45, 7) is 6.26. The zero-order chi connectivity index (χ0) is 20.8. The van der Waals surface area contributed by atoms with Crippen molar-refractivity contribution in [1.29, 1.82) is 0 Å². The SMILES string of the molecule is C=CCn1c(SCC2=C(C(=O)OCC)CNC(=O)N2)nnc1-c1ccc(F)cc1. The van der Waals surface area contributed by atoms with Gasteiger partial charge in [-0.05, 0) is 31.2 Å². The van der Waals surface area contributed by atoms with Crippen molar-refractivity contribution in [1.82, 2.24) is 25.4 Å². The van der Waals surface area contributed by atoms with Crippen LogP contribution in [0.15, 0.2) is 53.3 Å². The van der Waals surface area contributed by atoms with Crippen LogP contribution < -0.4 is 10.6 Å². The molecule has 2 heterocycles. The largest absolute Gasteiger partial charge is 0.463 e. The van der Waals surface area contributed by atoms with Crippen molar-refractivity contribution in [2.24, 2.45) is 0 Å². The van der Waals surface area contributed by atoms with E-state index in [1.807, 2.05) is 4.57 Å². The van der Waals surface area contributed by atoms with Gasteiger partial charge in [0.1, 0.15) is 5.82 Å². The first-order valence-electron chi connectivity index (χ1n) is 8.90. The van der Waals surface area contributed by atoms with E-state index in [1.54, 1.807) is 25.1 Å². The van der Waals surface area contributed by atoms with Gasteiger partial charge in [-0.15, -0.1) is 16.8 Å². The van der Waals surface area contributed by atoms with Gasteiger partial charge in [-0.2, -0.15) is 0 Å². The minimum Gasteiger partial charge on any atom is -0.463 e. The number of allylic oxidation sites excluding steroid dienone is 1. The van der Waals surface area contributed by atoms with Gasteiger partial charge in [0.15, 0.2) is 11.0 Å². The molecule has 29 heavy (non-hydrogen) atoms. The second-order valence-electron chi connectivity index (χ2n) is 5.99. The highest BCUT2D eigenvalue weighted by molar-refractivity contribution is 7.99. The van der Waals surface area contributed by atoms with E-state index < -0.39 is 5.97 Å². The number of benzene rings is 1. The van der Waals surface area contributed by atoms with E-state index in [9.17, 15) is 14.0 Å². The molecule has 2 N–H and O–H groups in total. The number of halogens is 1. The highest BCUT2D eigenvalue weighted by Gasteiger charge is 2.24. The van der Waals surface area contributed by atoms with Crippen molar-refractivity contribution in [3.8, 4) is 11.4 Å². The van der Waals surface area contributed by atoms with E-state index in [1.165, 1.54) is 23.9 Å². The molecule has 0 radical (unpaired) electrons. The molecule has 3 rings (SSSR count). The maximum Gasteiger partial charge on any atom is 0.337 e. The lowest BCUT2D eigenvalue weighted by atomic mass is 10.2. The predicted molar refractivity (Wildman–Crippen MR) is 107 cm³/mol. The van der Waals surface area contributed by atoms with E-state index in [0.29, 0.717) is 40.1 Å². The van der Waals surface area contributed by atoms with Gasteiger partial charge < -0.3 is 15.4 Å². The van der Waals surface area contributed by atoms with E-state index in [-0.39, 0.29) is 25.0 Å². The van der Waals surface area contributed by atoms with Crippen LogP contribution in [0.25, 0.3) is 11.4 Å². The number of urea groups is 1. The summed E-state index contributed by atoms with van der Waals surface area (Å²) in [6.07, 6.45) is 1.70. The van der Waals surface area contributed by atoms with Crippen molar-refractivity contribution in [3.05, 3.63) is 54.0 Å². The van der Waals surface area contributed by atoms with Crippen LogP contribution in [-0.4, -0.2) is 45.7 Å². The molecule has 0 saturated heterocycles. The molecule has 0 aliphatic carbocycles. The number of ether oxygens (including phenoxy) is 1. The molecule has 0 spiro atoms. The van der Waals surface area contributed by atoms with Gasteiger partial charge >= 0.3 is 12.0 Å². The molecule has 8 nitrogen and oxygen atoms in total. The summed E-state index contributed by atoms with van der Waals surface area (Å²) < 4.78 is 20.1. The molecule has 0 unspecified atom stereocenters. The Morgan fingerprint density at radius 2 is 2.14 bits per heavy atom. The highest BCUT2D eigenvalue weighted by Crippen LogP contribution is 2.26. The first kappa shape index (κ1) is 20.6. The average molecular weight is 417 g/mol. The Hall–Kier alpha value is -3.14. The summed E-state index contributed by atoms with van der Waals surface area (Å²) in [4.78, 5) is 23.9. The normalized spacial score (nSPS) is 13.7. The number of carbonyl (C=O) groups is 2. The molecule has 0 atom stereocenters. The third kappa shape index (κ3) is 4.83. The summed E-state index contributed by atoms with van der Waals surface area (Å²) in [5.41, 5.74) is 1.55. The molecule has 1 aliphatic rings. The minimum atomic E-state index is -0.477. The molecule has 1 aromatic heterocycles. The third-order valence-electron chi connectivity index (χ3n) is 4.05. The molecule has 2 amide bonds. The van der Waals surface area contributed by atoms with E-state index in [0.717, 1.165) is 0 Å². The van der Waals surface area contributed by atoms with Crippen molar-refractivity contribution in [3.63, 3.8) is 0 Å². The van der Waals surface area contributed by atoms with Gasteiger partial charge in [-0.25, -0.2) is 14.0 Å². The Balaban J connectivity index is 1.85. The Labute approximate surface area is 171 Å². The van der Waals surface area contributed by atoms with Crippen LogP contribution in [0.4, 0.5) is 9.18 Å². The number of aromatic nitrogens is 3. The molecule has 1 aliphatic heterocycles. The van der Waals surface area contributed by atoms with E-state index in [2.05, 4.69) is 27.4 Å². The number of carbonyl (C=O) groups excluding carboxylic acids is 2. The summed E-state index contributed by atoms with van der Waals surface area (Å²) in [6, 6.07) is 5.59. The quantitative estimate of drug-likeness (QED) is 0.389. The lowest BCUT2D eigenvalue weighted by molar-refractivity contribution is -0.138. The number of nitrogens with zero attached hydrogens (tertiary/aromatic N) is 3. The summed E-state index contributed by atoms with van der Waals surface area (Å²) in [7, 11) is 0. The Morgan fingerprint density at radius 3 is 2.83 bits per heavy atom. The van der Waals surface area contributed by atoms with E-state index >= 15 is 0 Å². The smallest absolute Gasteiger partial charge is 0.337 e. The van der Waals surface area contributed by atoms with Gasteiger partial charge in [-0.1, -0.05) is 17.8 Å². The molecule has 152 valence electrons. The first-order chi connectivity index (χ1) is 14.0. The molecule has 10 heteroatoms. The molecule has 0 bridgehead atoms. The van der Waals surface area contributed by atoms with Gasteiger partial charge in [-0.3, -0.25) is 4.57 Å². The predicted octanol–water partition coefficient (Wildman–Crippen LogP) is 2.49. The van der Waals surface area contributed by atoms with Gasteiger partial charge in [0.05, 0.1) is 18.7 Å². The number of esters is 1. The van der Waals surface area contributed by atoms with E-state index in [4.69, 9.17) is 4.74 Å². The van der Waals surface area contributed by atoms with Crippen molar-refractivity contribution in [2.75, 3.05) is 18.9 Å². The Kier molecular flexibility index (Phi) is 6.65. The number of rotatable bonds is 8. The maximum absolute atomic E-state index is 13.2. The summed E-state index contributed by atoms with van der Waals surface area (Å²) in [5, 5.41) is 14.2. The fraction of sp³-hybridized carbons (Fsp3) is 0.263. The summed E-state index contributed by atoms with van der Waals surface area (Å²) >= 11 is 1.31. The topological polar surface area (TPSA) is 98.1 Å². The molecule has 2 aromatic rings. The average Bonchev–Trinajstić information content (AvgIpc) is 3.10. The van der Waals surface area contributed by atoms with Crippen LogP contribution in [0.3, 0.4) is 0 Å². The van der Waals surface area contributed by atoms with Crippen LogP contribution in [0.1, 0.15) is 6.92 Å². The van der Waals surface area contributed by atoms with Crippen molar-refractivity contribution >= 4 is 23.8 Å². The minimum absolute atomic E-state index is 0.0980. The maximum atomic E-state index is 13.2. The lowest BCUT2D eigenvalue weighted by Crippen LogP contribution is -2.44. The van der Waals surface area contributed by atoms with Crippen LogP contribution in [0.5, 0.6) is 0 Å². The first-order valence-corrected chi connectivity index (χ1v) is 9.88. The number of hydrogen-bond donors (Lipinski definition) is 2. The Bertz CT molecular complexity index is 955. The zero-order valence-electron chi connectivity index (χ0n) is 15.8. The monoisotopic (exact) mass is 417 g/mol. The van der Waals surface area contributed by atoms with Crippen LogP contribution in [0, 0.1) is 5.82 Å².